The molecule has 1 saturated heterocycles. The maximum atomic E-state index is 13.4. The minimum Gasteiger partial charge on any atom is -0.376 e. The molecule has 4 heteroatoms. The van der Waals surface area contributed by atoms with Crippen LogP contribution < -0.4 is 0 Å². The van der Waals surface area contributed by atoms with E-state index in [1.807, 2.05) is 24.3 Å². The Bertz CT molecular complexity index is 710. The molecular formula is C20H22FNO2. The summed E-state index contributed by atoms with van der Waals surface area (Å²) in [4.78, 5) is 14.4. The van der Waals surface area contributed by atoms with Gasteiger partial charge in [-0.25, -0.2) is 4.39 Å². The van der Waals surface area contributed by atoms with Crippen LogP contribution >= 0.6 is 0 Å². The number of carbonyl (C=O) groups is 1. The highest BCUT2D eigenvalue weighted by atomic mass is 19.1. The largest absolute Gasteiger partial charge is 0.376 e. The van der Waals surface area contributed by atoms with Gasteiger partial charge in [-0.1, -0.05) is 24.3 Å². The molecule has 2 aromatic rings. The molecule has 1 fully saturated rings. The first-order valence-electron chi connectivity index (χ1n) is 8.36. The molecule has 1 aliphatic heterocycles. The molecule has 1 aliphatic rings. The average molecular weight is 327 g/mol. The van der Waals surface area contributed by atoms with Crippen LogP contribution in [0.4, 0.5) is 4.39 Å². The van der Waals surface area contributed by atoms with E-state index in [1.165, 1.54) is 12.1 Å². The lowest BCUT2D eigenvalue weighted by molar-refractivity contribution is -0.000186. The molecule has 0 aliphatic carbocycles. The number of hydrogen-bond donors (Lipinski definition) is 0. The monoisotopic (exact) mass is 327 g/mol. The minimum atomic E-state index is -0.282. The van der Waals surface area contributed by atoms with E-state index in [-0.39, 0.29) is 17.8 Å². The highest BCUT2D eigenvalue weighted by Crippen LogP contribution is 2.22. The van der Waals surface area contributed by atoms with Crippen LogP contribution in [0.25, 0.3) is 11.1 Å². The van der Waals surface area contributed by atoms with E-state index in [1.54, 1.807) is 24.1 Å². The molecule has 0 aromatic heterocycles. The second kappa shape index (κ2) is 7.58. The Morgan fingerprint density at radius 2 is 1.92 bits per heavy atom. The second-order valence-corrected chi connectivity index (χ2v) is 6.27. The van der Waals surface area contributed by atoms with Gasteiger partial charge in [-0.3, -0.25) is 4.79 Å². The fourth-order valence-corrected chi connectivity index (χ4v) is 3.06. The SMILES string of the molecule is CN(C[C@H]1CCCCO1)C(=O)c1cccc(-c2cccc(F)c2)c1. The van der Waals surface area contributed by atoms with Crippen molar-refractivity contribution < 1.29 is 13.9 Å². The number of likely N-dealkylation sites (N-methyl/N-ethyl adjacent to an activating group) is 1. The third-order valence-electron chi connectivity index (χ3n) is 4.37. The van der Waals surface area contributed by atoms with Crippen molar-refractivity contribution in [2.45, 2.75) is 25.4 Å². The van der Waals surface area contributed by atoms with E-state index in [2.05, 4.69) is 0 Å². The zero-order valence-electron chi connectivity index (χ0n) is 13.9. The topological polar surface area (TPSA) is 29.5 Å². The molecule has 0 radical (unpaired) electrons. The van der Waals surface area contributed by atoms with E-state index in [0.29, 0.717) is 12.1 Å². The summed E-state index contributed by atoms with van der Waals surface area (Å²) >= 11 is 0. The van der Waals surface area contributed by atoms with Crippen molar-refractivity contribution in [3.05, 3.63) is 59.9 Å². The maximum Gasteiger partial charge on any atom is 0.253 e. The van der Waals surface area contributed by atoms with Gasteiger partial charge in [-0.2, -0.15) is 0 Å². The van der Waals surface area contributed by atoms with Crippen molar-refractivity contribution >= 4 is 5.91 Å². The first-order valence-corrected chi connectivity index (χ1v) is 8.36. The van der Waals surface area contributed by atoms with Gasteiger partial charge in [0.25, 0.3) is 5.91 Å². The maximum absolute atomic E-state index is 13.4. The summed E-state index contributed by atoms with van der Waals surface area (Å²) in [6.45, 7) is 1.38. The molecule has 1 amide bonds. The third-order valence-corrected chi connectivity index (χ3v) is 4.37. The van der Waals surface area contributed by atoms with Crippen LogP contribution in [-0.2, 0) is 4.74 Å². The number of amides is 1. The van der Waals surface area contributed by atoms with Crippen molar-refractivity contribution in [3.63, 3.8) is 0 Å². The van der Waals surface area contributed by atoms with Crippen molar-refractivity contribution in [2.75, 3.05) is 20.2 Å². The Balaban J connectivity index is 1.74. The zero-order valence-corrected chi connectivity index (χ0v) is 13.9. The first kappa shape index (κ1) is 16.7. The summed E-state index contributed by atoms with van der Waals surface area (Å²) in [5, 5.41) is 0. The van der Waals surface area contributed by atoms with Crippen LogP contribution in [0.3, 0.4) is 0 Å². The van der Waals surface area contributed by atoms with Crippen LogP contribution in [0.5, 0.6) is 0 Å². The summed E-state index contributed by atoms with van der Waals surface area (Å²) < 4.78 is 19.1. The molecule has 3 rings (SSSR count). The first-order chi connectivity index (χ1) is 11.6. The van der Waals surface area contributed by atoms with Crippen LogP contribution in [-0.4, -0.2) is 37.1 Å². The molecule has 1 heterocycles. The van der Waals surface area contributed by atoms with Gasteiger partial charge in [0.05, 0.1) is 6.10 Å². The molecule has 0 bridgehead atoms. The lowest BCUT2D eigenvalue weighted by atomic mass is 10.0. The van der Waals surface area contributed by atoms with Gasteiger partial charge in [0.15, 0.2) is 0 Å². The minimum absolute atomic E-state index is 0.0394. The Kier molecular flexibility index (Phi) is 5.26. The van der Waals surface area contributed by atoms with E-state index < -0.39 is 0 Å². The number of hydrogen-bond acceptors (Lipinski definition) is 2. The summed E-state index contributed by atoms with van der Waals surface area (Å²) in [5.74, 6) is -0.321. The lowest BCUT2D eigenvalue weighted by Crippen LogP contribution is -2.37. The number of nitrogens with zero attached hydrogens (tertiary/aromatic N) is 1. The fourth-order valence-electron chi connectivity index (χ4n) is 3.06. The highest BCUT2D eigenvalue weighted by Gasteiger charge is 2.20. The van der Waals surface area contributed by atoms with Crippen molar-refractivity contribution in [1.29, 1.82) is 0 Å². The quantitative estimate of drug-likeness (QED) is 0.845. The predicted octanol–water partition coefficient (Wildman–Crippen LogP) is 4.13. The zero-order chi connectivity index (χ0) is 16.9. The summed E-state index contributed by atoms with van der Waals surface area (Å²) in [5.41, 5.74) is 2.21. The van der Waals surface area contributed by atoms with Gasteiger partial charge in [0, 0.05) is 25.8 Å². The Morgan fingerprint density at radius 3 is 2.62 bits per heavy atom. The van der Waals surface area contributed by atoms with Crippen LogP contribution in [0.2, 0.25) is 0 Å². The standard InChI is InChI=1S/C20H22FNO2/c1-22(14-19-10-2-3-11-24-19)20(23)17-8-4-6-15(12-17)16-7-5-9-18(21)13-16/h4-9,12-13,19H,2-3,10-11,14H2,1H3/t19-/m1/s1. The Labute approximate surface area is 142 Å². The highest BCUT2D eigenvalue weighted by molar-refractivity contribution is 5.95. The molecule has 24 heavy (non-hydrogen) atoms. The molecule has 1 atom stereocenters. The number of halogens is 1. The molecule has 2 aromatic carbocycles. The summed E-state index contributed by atoms with van der Waals surface area (Å²) in [7, 11) is 1.80. The fraction of sp³-hybridized carbons (Fsp3) is 0.350. The summed E-state index contributed by atoms with van der Waals surface area (Å²) in [6.07, 6.45) is 3.38. The van der Waals surface area contributed by atoms with Crippen molar-refractivity contribution in [2.24, 2.45) is 0 Å². The van der Waals surface area contributed by atoms with Gasteiger partial charge < -0.3 is 9.64 Å². The van der Waals surface area contributed by atoms with Crippen molar-refractivity contribution in [3.8, 4) is 11.1 Å². The van der Waals surface area contributed by atoms with Gasteiger partial charge in [-0.15, -0.1) is 0 Å². The van der Waals surface area contributed by atoms with Gasteiger partial charge in [-0.05, 0) is 54.7 Å². The Hall–Kier alpha value is -2.20. The molecule has 0 saturated carbocycles. The van der Waals surface area contributed by atoms with Crippen molar-refractivity contribution in [1.82, 2.24) is 4.90 Å². The number of ether oxygens (including phenoxy) is 1. The van der Waals surface area contributed by atoms with E-state index in [4.69, 9.17) is 4.74 Å². The van der Waals surface area contributed by atoms with Gasteiger partial charge >= 0.3 is 0 Å². The van der Waals surface area contributed by atoms with Crippen LogP contribution in [0, 0.1) is 5.82 Å². The van der Waals surface area contributed by atoms with Crippen LogP contribution in [0.1, 0.15) is 29.6 Å². The van der Waals surface area contributed by atoms with E-state index in [9.17, 15) is 9.18 Å². The molecule has 0 unspecified atom stereocenters. The molecule has 126 valence electrons. The average Bonchev–Trinajstić information content (AvgIpc) is 2.62. The molecular weight excluding hydrogens is 305 g/mol. The predicted molar refractivity (Wildman–Crippen MR) is 92.4 cm³/mol. The number of carbonyl (C=O) groups excluding carboxylic acids is 1. The molecule has 0 spiro atoms. The van der Waals surface area contributed by atoms with E-state index >= 15 is 0 Å². The third kappa shape index (κ3) is 4.01. The van der Waals surface area contributed by atoms with Crippen LogP contribution in [0.15, 0.2) is 48.5 Å². The van der Waals surface area contributed by atoms with Gasteiger partial charge in [0.2, 0.25) is 0 Å². The normalized spacial score (nSPS) is 17.5. The number of benzene rings is 2. The Morgan fingerprint density at radius 1 is 1.17 bits per heavy atom. The molecule has 0 N–H and O–H groups in total. The summed E-state index contributed by atoms with van der Waals surface area (Å²) in [6, 6.07) is 13.7. The second-order valence-electron chi connectivity index (χ2n) is 6.27. The molecule has 3 nitrogen and oxygen atoms in total. The van der Waals surface area contributed by atoms with E-state index in [0.717, 1.165) is 37.0 Å². The smallest absolute Gasteiger partial charge is 0.253 e. The lowest BCUT2D eigenvalue weighted by Gasteiger charge is -2.27. The van der Waals surface area contributed by atoms with Gasteiger partial charge in [0.1, 0.15) is 5.82 Å². The number of rotatable bonds is 4.